The van der Waals surface area contributed by atoms with E-state index in [1.54, 1.807) is 30.2 Å². The summed E-state index contributed by atoms with van der Waals surface area (Å²) in [4.78, 5) is 37.0. The summed E-state index contributed by atoms with van der Waals surface area (Å²) >= 11 is 1.71. The lowest BCUT2D eigenvalue weighted by molar-refractivity contribution is 0.0589. The monoisotopic (exact) mass is 418 g/mol. The van der Waals surface area contributed by atoms with E-state index in [2.05, 4.69) is 40.5 Å². The first-order valence-corrected chi connectivity index (χ1v) is 11.3. The molecule has 2 aliphatic rings. The number of nitrogens with zero attached hydrogens (tertiary/aromatic N) is 4. The second-order valence-corrected chi connectivity index (χ2v) is 8.79. The Morgan fingerprint density at radius 3 is 2.63 bits per heavy atom. The van der Waals surface area contributed by atoms with Gasteiger partial charge in [0.1, 0.15) is 5.69 Å². The van der Waals surface area contributed by atoms with Crippen LogP contribution in [-0.4, -0.2) is 44.7 Å². The summed E-state index contributed by atoms with van der Waals surface area (Å²) in [5.74, 6) is 0.307. The standard InChI is InChI=1S/C23H22N4O2S/c1-30-18-4-2-16(3-5-18)19-6-7-21(28)27-13-15-10-17(22(19)27)14-26(12-15)23(29)20-11-24-8-9-25-20/h2-9,11,15,17H,10,12-14H2,1H3. The van der Waals surface area contributed by atoms with Gasteiger partial charge >= 0.3 is 0 Å². The number of carbonyl (C=O) groups is 1. The third-order valence-electron chi connectivity index (χ3n) is 6.06. The zero-order valence-electron chi connectivity index (χ0n) is 16.7. The number of carbonyl (C=O) groups excluding carboxylic acids is 1. The molecule has 3 aromatic rings. The minimum Gasteiger partial charge on any atom is -0.336 e. The Kier molecular flexibility index (Phi) is 4.90. The molecule has 2 atom stereocenters. The van der Waals surface area contributed by atoms with Gasteiger partial charge in [0.15, 0.2) is 0 Å². The Balaban J connectivity index is 1.53. The number of hydrogen-bond acceptors (Lipinski definition) is 5. The predicted molar refractivity (Wildman–Crippen MR) is 117 cm³/mol. The third kappa shape index (κ3) is 3.33. The predicted octanol–water partition coefficient (Wildman–Crippen LogP) is 3.29. The summed E-state index contributed by atoms with van der Waals surface area (Å²) < 4.78 is 1.93. The van der Waals surface area contributed by atoms with Crippen molar-refractivity contribution in [3.8, 4) is 11.1 Å². The van der Waals surface area contributed by atoms with Crippen molar-refractivity contribution in [1.29, 1.82) is 0 Å². The minimum atomic E-state index is -0.0876. The summed E-state index contributed by atoms with van der Waals surface area (Å²) in [5.41, 5.74) is 3.65. The van der Waals surface area contributed by atoms with E-state index in [0.29, 0.717) is 25.3 Å². The molecule has 30 heavy (non-hydrogen) atoms. The van der Waals surface area contributed by atoms with Crippen molar-refractivity contribution in [2.24, 2.45) is 5.92 Å². The number of thioether (sulfide) groups is 1. The maximum absolute atomic E-state index is 13.0. The van der Waals surface area contributed by atoms with Gasteiger partial charge in [-0.15, -0.1) is 11.8 Å². The van der Waals surface area contributed by atoms with E-state index in [9.17, 15) is 9.59 Å². The highest BCUT2D eigenvalue weighted by Crippen LogP contribution is 2.40. The van der Waals surface area contributed by atoms with Gasteiger partial charge in [-0.2, -0.15) is 0 Å². The van der Waals surface area contributed by atoms with E-state index < -0.39 is 0 Å². The highest BCUT2D eigenvalue weighted by atomic mass is 32.2. The van der Waals surface area contributed by atoms with Crippen LogP contribution in [0.3, 0.4) is 0 Å². The average Bonchev–Trinajstić information content (AvgIpc) is 2.80. The van der Waals surface area contributed by atoms with Crippen molar-refractivity contribution in [2.75, 3.05) is 19.3 Å². The number of aromatic nitrogens is 3. The van der Waals surface area contributed by atoms with Gasteiger partial charge in [0.05, 0.1) is 6.20 Å². The van der Waals surface area contributed by atoms with E-state index in [1.807, 2.05) is 15.5 Å². The summed E-state index contributed by atoms with van der Waals surface area (Å²) in [5, 5.41) is 0. The number of hydrogen-bond donors (Lipinski definition) is 0. The van der Waals surface area contributed by atoms with Crippen LogP contribution in [0.1, 0.15) is 28.5 Å². The van der Waals surface area contributed by atoms with Crippen LogP contribution in [0.4, 0.5) is 0 Å². The number of pyridine rings is 1. The first-order chi connectivity index (χ1) is 14.6. The second kappa shape index (κ2) is 7.72. The lowest BCUT2D eigenvalue weighted by Gasteiger charge is -2.43. The van der Waals surface area contributed by atoms with Gasteiger partial charge < -0.3 is 9.47 Å². The van der Waals surface area contributed by atoms with E-state index in [4.69, 9.17) is 0 Å². The van der Waals surface area contributed by atoms with Crippen LogP contribution in [-0.2, 0) is 6.54 Å². The molecule has 2 bridgehead atoms. The van der Waals surface area contributed by atoms with Crippen LogP contribution >= 0.6 is 11.8 Å². The fraction of sp³-hybridized carbons (Fsp3) is 0.304. The summed E-state index contributed by atoms with van der Waals surface area (Å²) in [6.45, 7) is 1.88. The lowest BCUT2D eigenvalue weighted by Crippen LogP contribution is -2.49. The molecule has 2 unspecified atom stereocenters. The number of piperidine rings is 1. The van der Waals surface area contributed by atoms with Crippen LogP contribution in [0.15, 0.2) is 64.7 Å². The zero-order chi connectivity index (χ0) is 20.7. The third-order valence-corrected chi connectivity index (χ3v) is 6.80. The summed E-state index contributed by atoms with van der Waals surface area (Å²) in [6, 6.07) is 12.1. The lowest BCUT2D eigenvalue weighted by atomic mass is 9.80. The molecule has 1 fully saturated rings. The smallest absolute Gasteiger partial charge is 0.274 e. The van der Waals surface area contributed by atoms with Crippen molar-refractivity contribution in [3.63, 3.8) is 0 Å². The van der Waals surface area contributed by atoms with E-state index >= 15 is 0 Å². The molecule has 0 aliphatic carbocycles. The maximum atomic E-state index is 13.0. The number of benzene rings is 1. The number of rotatable bonds is 3. The van der Waals surface area contributed by atoms with Gasteiger partial charge in [0, 0.05) is 60.2 Å². The van der Waals surface area contributed by atoms with Crippen LogP contribution < -0.4 is 5.56 Å². The van der Waals surface area contributed by atoms with Crippen LogP contribution in [0, 0.1) is 5.92 Å². The largest absolute Gasteiger partial charge is 0.336 e. The van der Waals surface area contributed by atoms with Crippen molar-refractivity contribution in [1.82, 2.24) is 19.4 Å². The Morgan fingerprint density at radius 2 is 1.90 bits per heavy atom. The van der Waals surface area contributed by atoms with Crippen molar-refractivity contribution < 1.29 is 4.79 Å². The minimum absolute atomic E-state index is 0.0397. The Bertz CT molecular complexity index is 1140. The normalized spacial score (nSPS) is 20.0. The maximum Gasteiger partial charge on any atom is 0.274 e. The fourth-order valence-corrected chi connectivity index (χ4v) is 5.18. The van der Waals surface area contributed by atoms with Gasteiger partial charge in [-0.25, -0.2) is 4.98 Å². The molecule has 0 spiro atoms. The van der Waals surface area contributed by atoms with Gasteiger partial charge in [0.2, 0.25) is 0 Å². The fourth-order valence-electron chi connectivity index (χ4n) is 4.77. The van der Waals surface area contributed by atoms with Gasteiger partial charge in [-0.05, 0) is 42.4 Å². The number of amides is 1. The topological polar surface area (TPSA) is 68.1 Å². The highest BCUT2D eigenvalue weighted by Gasteiger charge is 2.38. The quantitative estimate of drug-likeness (QED) is 0.611. The number of fused-ring (bicyclic) bond motifs is 4. The molecule has 152 valence electrons. The Hall–Kier alpha value is -2.93. The highest BCUT2D eigenvalue weighted by molar-refractivity contribution is 7.98. The first kappa shape index (κ1) is 19.1. The molecule has 4 heterocycles. The average molecular weight is 419 g/mol. The van der Waals surface area contributed by atoms with Crippen LogP contribution in [0.25, 0.3) is 11.1 Å². The first-order valence-electron chi connectivity index (χ1n) is 10.1. The molecule has 2 aromatic heterocycles. The van der Waals surface area contributed by atoms with Crippen LogP contribution in [0.5, 0.6) is 0 Å². The molecule has 1 aromatic carbocycles. The Labute approximate surface area is 179 Å². The SMILES string of the molecule is CSc1ccc(-c2ccc(=O)n3c2C2CC(CN(C(=O)c4cnccn4)C2)C3)cc1. The molecular weight excluding hydrogens is 396 g/mol. The number of likely N-dealkylation sites (tertiary alicyclic amines) is 1. The molecule has 2 aliphatic heterocycles. The molecule has 6 nitrogen and oxygen atoms in total. The molecular formula is C23H22N4O2S. The molecule has 0 N–H and O–H groups in total. The van der Waals surface area contributed by atoms with Gasteiger partial charge in [0.25, 0.3) is 11.5 Å². The molecule has 1 saturated heterocycles. The summed E-state index contributed by atoms with van der Waals surface area (Å²) in [6.07, 6.45) is 7.68. The Morgan fingerprint density at radius 1 is 1.07 bits per heavy atom. The van der Waals surface area contributed by atoms with Crippen molar-refractivity contribution >= 4 is 17.7 Å². The van der Waals surface area contributed by atoms with Crippen LogP contribution in [0.2, 0.25) is 0 Å². The van der Waals surface area contributed by atoms with E-state index in [0.717, 1.165) is 23.2 Å². The van der Waals surface area contributed by atoms with E-state index in [1.165, 1.54) is 11.1 Å². The molecule has 5 rings (SSSR count). The molecule has 7 heteroatoms. The zero-order valence-corrected chi connectivity index (χ0v) is 17.5. The van der Waals surface area contributed by atoms with Crippen molar-refractivity contribution in [3.05, 3.63) is 76.7 Å². The van der Waals surface area contributed by atoms with Gasteiger partial charge in [-0.3, -0.25) is 14.6 Å². The second-order valence-electron chi connectivity index (χ2n) is 7.91. The molecule has 0 radical (unpaired) electrons. The van der Waals surface area contributed by atoms with Crippen molar-refractivity contribution in [2.45, 2.75) is 23.8 Å². The van der Waals surface area contributed by atoms with Gasteiger partial charge in [-0.1, -0.05) is 12.1 Å². The summed E-state index contributed by atoms with van der Waals surface area (Å²) in [7, 11) is 0. The molecule has 0 saturated carbocycles. The van der Waals surface area contributed by atoms with E-state index in [-0.39, 0.29) is 23.3 Å². The molecule has 1 amide bonds.